The molecule has 0 spiro atoms. The molecule has 70 valence electrons. The van der Waals surface area contributed by atoms with E-state index >= 15 is 0 Å². The molecule has 1 aromatic carbocycles. The Labute approximate surface area is 80.2 Å². The first-order valence-corrected chi connectivity index (χ1v) is 4.83. The van der Waals surface area contributed by atoms with Gasteiger partial charge in [-0.1, -0.05) is 32.0 Å². The number of hydrogen-bond donors (Lipinski definition) is 1. The molecule has 1 heterocycles. The molecule has 1 aliphatic rings. The number of rotatable bonds is 0. The van der Waals surface area contributed by atoms with Crippen LogP contribution in [-0.2, 0) is 5.41 Å². The zero-order valence-electron chi connectivity index (χ0n) is 8.81. The van der Waals surface area contributed by atoms with Gasteiger partial charge in [0, 0.05) is 16.6 Å². The normalized spacial score (nSPS) is 22.2. The molecule has 0 saturated carbocycles. The lowest BCUT2D eigenvalue weighted by Crippen LogP contribution is -2.43. The monoisotopic (exact) mass is 175 g/mol. The maximum absolute atomic E-state index is 3.56. The van der Waals surface area contributed by atoms with Gasteiger partial charge < -0.3 is 5.32 Å². The van der Waals surface area contributed by atoms with Gasteiger partial charge in [-0.2, -0.15) is 0 Å². The number of nitrogens with one attached hydrogen (secondary N) is 1. The summed E-state index contributed by atoms with van der Waals surface area (Å²) in [6.07, 6.45) is 0. The van der Waals surface area contributed by atoms with Crippen molar-refractivity contribution in [3.05, 3.63) is 29.8 Å². The van der Waals surface area contributed by atoms with Crippen molar-refractivity contribution in [2.24, 2.45) is 0 Å². The summed E-state index contributed by atoms with van der Waals surface area (Å²) >= 11 is 0. The van der Waals surface area contributed by atoms with Gasteiger partial charge in [0.25, 0.3) is 0 Å². The van der Waals surface area contributed by atoms with Gasteiger partial charge in [0.2, 0.25) is 0 Å². The molecule has 0 bridgehead atoms. The Balaban J connectivity index is 2.60. The van der Waals surface area contributed by atoms with E-state index in [0.29, 0.717) is 0 Å². The maximum atomic E-state index is 3.56. The Morgan fingerprint density at radius 1 is 1.00 bits per heavy atom. The average molecular weight is 175 g/mol. The van der Waals surface area contributed by atoms with Crippen molar-refractivity contribution < 1.29 is 0 Å². The van der Waals surface area contributed by atoms with Crippen LogP contribution in [0.1, 0.15) is 33.3 Å². The number of fused-ring (bicyclic) bond motifs is 1. The summed E-state index contributed by atoms with van der Waals surface area (Å²) in [5, 5.41) is 3.56. The Hall–Kier alpha value is -0.980. The van der Waals surface area contributed by atoms with Gasteiger partial charge in [-0.05, 0) is 25.5 Å². The second-order valence-corrected chi connectivity index (χ2v) is 4.92. The Kier molecular flexibility index (Phi) is 1.51. The molecule has 0 fully saturated rings. The number of benzene rings is 1. The third-order valence-electron chi connectivity index (χ3n) is 3.61. The van der Waals surface area contributed by atoms with Gasteiger partial charge in [-0.3, -0.25) is 0 Å². The first-order chi connectivity index (χ1) is 5.95. The third-order valence-corrected chi connectivity index (χ3v) is 3.61. The van der Waals surface area contributed by atoms with E-state index in [1.54, 1.807) is 0 Å². The first-order valence-electron chi connectivity index (χ1n) is 4.83. The SMILES string of the molecule is CC1(C)Nc2ccccc2C1(C)C. The molecule has 1 N–H and O–H groups in total. The molecular formula is C12H17N. The third kappa shape index (κ3) is 0.995. The fraction of sp³-hybridized carbons (Fsp3) is 0.500. The highest BCUT2D eigenvalue weighted by Crippen LogP contribution is 2.46. The van der Waals surface area contributed by atoms with Crippen molar-refractivity contribution in [2.45, 2.75) is 38.6 Å². The standard InChI is InChI=1S/C12H17N/c1-11(2)9-7-5-6-8-10(9)13-12(11,3)4/h5-8,13H,1-4H3. The maximum Gasteiger partial charge on any atom is 0.0409 e. The molecule has 0 atom stereocenters. The molecule has 13 heavy (non-hydrogen) atoms. The van der Waals surface area contributed by atoms with Crippen molar-refractivity contribution in [1.29, 1.82) is 0 Å². The number of hydrogen-bond acceptors (Lipinski definition) is 1. The summed E-state index contributed by atoms with van der Waals surface area (Å²) in [7, 11) is 0. The predicted molar refractivity (Wildman–Crippen MR) is 57.2 cm³/mol. The molecule has 0 aliphatic carbocycles. The molecule has 1 aliphatic heterocycles. The summed E-state index contributed by atoms with van der Waals surface area (Å²) < 4.78 is 0. The average Bonchev–Trinajstić information content (AvgIpc) is 2.20. The highest BCUT2D eigenvalue weighted by Gasteiger charge is 2.44. The van der Waals surface area contributed by atoms with Crippen LogP contribution in [0.3, 0.4) is 0 Å². The number of anilines is 1. The molecule has 0 aromatic heterocycles. The largest absolute Gasteiger partial charge is 0.379 e. The van der Waals surface area contributed by atoms with Gasteiger partial charge in [0.15, 0.2) is 0 Å². The predicted octanol–water partition coefficient (Wildman–Crippen LogP) is 3.17. The van der Waals surface area contributed by atoms with Crippen molar-refractivity contribution in [1.82, 2.24) is 0 Å². The summed E-state index contributed by atoms with van der Waals surface area (Å²) in [6, 6.07) is 8.58. The Morgan fingerprint density at radius 3 is 2.23 bits per heavy atom. The number of para-hydroxylation sites is 1. The van der Waals surface area contributed by atoms with Gasteiger partial charge in [0.1, 0.15) is 0 Å². The summed E-state index contributed by atoms with van der Waals surface area (Å²) in [4.78, 5) is 0. The summed E-state index contributed by atoms with van der Waals surface area (Å²) in [6.45, 7) is 9.11. The van der Waals surface area contributed by atoms with Crippen LogP contribution in [0.15, 0.2) is 24.3 Å². The summed E-state index contributed by atoms with van der Waals surface area (Å²) in [5.41, 5.74) is 3.08. The molecule has 0 saturated heterocycles. The van der Waals surface area contributed by atoms with Crippen LogP contribution >= 0.6 is 0 Å². The second kappa shape index (κ2) is 2.28. The van der Waals surface area contributed by atoms with Crippen LogP contribution in [0.2, 0.25) is 0 Å². The Bertz CT molecular complexity index is 337. The molecule has 0 radical (unpaired) electrons. The molecule has 1 aromatic rings. The van der Waals surface area contributed by atoms with E-state index in [1.165, 1.54) is 11.3 Å². The van der Waals surface area contributed by atoms with E-state index in [1.807, 2.05) is 0 Å². The molecule has 1 heteroatoms. The van der Waals surface area contributed by atoms with Crippen LogP contribution in [-0.4, -0.2) is 5.54 Å². The molecule has 1 nitrogen and oxygen atoms in total. The van der Waals surface area contributed by atoms with Gasteiger partial charge in [-0.25, -0.2) is 0 Å². The van der Waals surface area contributed by atoms with E-state index in [2.05, 4.69) is 57.3 Å². The minimum Gasteiger partial charge on any atom is -0.379 e. The van der Waals surface area contributed by atoms with Crippen molar-refractivity contribution in [2.75, 3.05) is 5.32 Å². The van der Waals surface area contributed by atoms with E-state index in [4.69, 9.17) is 0 Å². The van der Waals surface area contributed by atoms with Crippen LogP contribution < -0.4 is 5.32 Å². The van der Waals surface area contributed by atoms with Crippen LogP contribution in [0.25, 0.3) is 0 Å². The van der Waals surface area contributed by atoms with E-state index in [9.17, 15) is 0 Å². The van der Waals surface area contributed by atoms with Crippen molar-refractivity contribution in [3.8, 4) is 0 Å². The molecule has 2 rings (SSSR count). The fourth-order valence-corrected chi connectivity index (χ4v) is 1.97. The lowest BCUT2D eigenvalue weighted by molar-refractivity contribution is 0.359. The highest BCUT2D eigenvalue weighted by atomic mass is 15.0. The minimum atomic E-state index is 0.149. The highest BCUT2D eigenvalue weighted by molar-refractivity contribution is 5.63. The van der Waals surface area contributed by atoms with Gasteiger partial charge in [0.05, 0.1) is 0 Å². The van der Waals surface area contributed by atoms with E-state index in [-0.39, 0.29) is 11.0 Å². The molecule has 0 unspecified atom stereocenters. The first kappa shape index (κ1) is 8.61. The Morgan fingerprint density at radius 2 is 1.62 bits per heavy atom. The van der Waals surface area contributed by atoms with Crippen LogP contribution in [0.4, 0.5) is 5.69 Å². The van der Waals surface area contributed by atoms with Crippen LogP contribution in [0, 0.1) is 0 Å². The zero-order valence-corrected chi connectivity index (χ0v) is 8.81. The van der Waals surface area contributed by atoms with Crippen molar-refractivity contribution in [3.63, 3.8) is 0 Å². The fourth-order valence-electron chi connectivity index (χ4n) is 1.97. The van der Waals surface area contributed by atoms with E-state index in [0.717, 1.165) is 0 Å². The summed E-state index contributed by atoms with van der Waals surface area (Å²) in [5.74, 6) is 0. The topological polar surface area (TPSA) is 12.0 Å². The van der Waals surface area contributed by atoms with Crippen LogP contribution in [0.5, 0.6) is 0 Å². The van der Waals surface area contributed by atoms with E-state index < -0.39 is 0 Å². The molecule has 0 amide bonds. The second-order valence-electron chi connectivity index (χ2n) is 4.92. The van der Waals surface area contributed by atoms with Gasteiger partial charge >= 0.3 is 0 Å². The smallest absolute Gasteiger partial charge is 0.0409 e. The zero-order chi connectivity index (χ0) is 9.69. The lowest BCUT2D eigenvalue weighted by atomic mass is 9.73. The minimum absolute atomic E-state index is 0.149. The molecular weight excluding hydrogens is 158 g/mol. The lowest BCUT2D eigenvalue weighted by Gasteiger charge is -2.35. The van der Waals surface area contributed by atoms with Crippen molar-refractivity contribution >= 4 is 5.69 Å². The quantitative estimate of drug-likeness (QED) is 0.638. The van der Waals surface area contributed by atoms with Gasteiger partial charge in [-0.15, -0.1) is 0 Å².